The van der Waals surface area contributed by atoms with Crippen molar-refractivity contribution in [1.82, 2.24) is 18.7 Å². The normalized spacial score (nSPS) is 17.9. The molecule has 2 atom stereocenters. The van der Waals surface area contributed by atoms with Gasteiger partial charge in [-0.3, -0.25) is 0 Å². The number of aryl methyl sites for hydroxylation is 1. The van der Waals surface area contributed by atoms with Crippen LogP contribution in [0.3, 0.4) is 0 Å². The summed E-state index contributed by atoms with van der Waals surface area (Å²) in [5.41, 5.74) is 8.23. The van der Waals surface area contributed by atoms with Crippen LogP contribution >= 0.6 is 0 Å². The molecule has 0 radical (unpaired) electrons. The number of hydrogen-bond acceptors (Lipinski definition) is 2. The summed E-state index contributed by atoms with van der Waals surface area (Å²) in [6.07, 6.45) is 3.74. The molecule has 0 spiro atoms. The van der Waals surface area contributed by atoms with Gasteiger partial charge in [-0.15, -0.1) is 0 Å². The van der Waals surface area contributed by atoms with E-state index in [9.17, 15) is 0 Å². The van der Waals surface area contributed by atoms with Gasteiger partial charge in [0, 0.05) is 6.20 Å². The number of para-hydroxylation sites is 2. The Morgan fingerprint density at radius 1 is 0.800 bits per heavy atom. The van der Waals surface area contributed by atoms with Crippen LogP contribution in [0.15, 0.2) is 85.1 Å². The maximum atomic E-state index is 8.34. The number of aromatic nitrogens is 4. The van der Waals surface area contributed by atoms with Crippen molar-refractivity contribution in [3.05, 3.63) is 123 Å². The van der Waals surface area contributed by atoms with Crippen LogP contribution in [0.5, 0.6) is 11.5 Å². The minimum absolute atomic E-state index is 0.00450. The second-order valence-electron chi connectivity index (χ2n) is 15.8. The first-order valence-electron chi connectivity index (χ1n) is 18.9. The fourth-order valence-electron chi connectivity index (χ4n) is 7.48. The van der Waals surface area contributed by atoms with E-state index in [-0.39, 0.29) is 16.9 Å². The molecule has 3 heterocycles. The number of benzene rings is 4. The zero-order valence-corrected chi connectivity index (χ0v) is 31.9. The van der Waals surface area contributed by atoms with E-state index in [4.69, 9.17) is 13.8 Å². The molecule has 258 valence electrons. The van der Waals surface area contributed by atoms with Crippen LogP contribution in [0.25, 0.3) is 38.7 Å². The molecule has 0 saturated carbocycles. The number of ether oxygens (including phenoxy) is 1. The van der Waals surface area contributed by atoms with Crippen molar-refractivity contribution < 1.29 is 28.2 Å². The van der Waals surface area contributed by atoms with Crippen molar-refractivity contribution in [2.75, 3.05) is 0 Å². The Bertz CT molecular complexity index is 2620. The number of imidazole rings is 1. The summed E-state index contributed by atoms with van der Waals surface area (Å²) in [5.74, 6) is 2.37. The van der Waals surface area contributed by atoms with E-state index in [2.05, 4.69) is 132 Å². The first-order chi connectivity index (χ1) is 25.0. The second kappa shape index (κ2) is 11.9. The van der Waals surface area contributed by atoms with Gasteiger partial charge in [0.15, 0.2) is 0 Å². The Balaban J connectivity index is 1.26. The van der Waals surface area contributed by atoms with E-state index in [0.717, 1.165) is 51.5 Å². The molecule has 3 aromatic heterocycles. The van der Waals surface area contributed by atoms with Gasteiger partial charge >= 0.3 is 206 Å². The van der Waals surface area contributed by atoms with E-state index in [1.165, 1.54) is 21.3 Å². The van der Waals surface area contributed by atoms with Gasteiger partial charge in [-0.1, -0.05) is 53.7 Å². The van der Waals surface area contributed by atoms with E-state index in [0.29, 0.717) is 26.7 Å². The van der Waals surface area contributed by atoms with Gasteiger partial charge in [-0.2, -0.15) is 0 Å². The standard InChI is InChI=1S/C44H44N4O.Pt/c1-28-13-19-37(47-27-46(8)39-11-9-10-12-40(39)47)36-25-31(15-17-33(28)36)49-32-16-18-34-35-23-29(43(2,3)4)14-20-38(35)48(41(34)26-32)42-24-30(21-22-45-42)44(5,6)7;/h9-12,14-18,20-24,28,37H,13,19H2,1-8H3;/q-2;/i8D3;. The fraction of sp³-hybridized carbons (Fsp3) is 0.318. The van der Waals surface area contributed by atoms with Crippen LogP contribution in [0.4, 0.5) is 0 Å². The molecule has 2 unspecified atom stereocenters. The topological polar surface area (TPSA) is 36.9 Å². The number of hydrogen-bond donors (Lipinski definition) is 0. The summed E-state index contributed by atoms with van der Waals surface area (Å²) in [4.78, 5) is 4.87. The zero-order chi connectivity index (χ0) is 37.6. The van der Waals surface area contributed by atoms with Crippen LogP contribution in [0, 0.1) is 15.9 Å². The Kier molecular flexibility index (Phi) is 7.05. The summed E-state index contributed by atoms with van der Waals surface area (Å²) in [6, 6.07) is 34.2. The molecule has 50 heavy (non-hydrogen) atoms. The second-order valence-corrected chi connectivity index (χ2v) is 16.8. The Morgan fingerprint density at radius 3 is 2.28 bits per heavy atom. The average Bonchev–Trinajstić information content (AvgIpc) is 3.58. The van der Waals surface area contributed by atoms with Crippen LogP contribution in [0.2, 0.25) is 0 Å². The summed E-state index contributed by atoms with van der Waals surface area (Å²) >= 11 is 2.17. The Hall–Kier alpha value is -4.21. The molecule has 0 amide bonds. The first kappa shape index (κ1) is 29.5. The molecule has 4 aromatic carbocycles. The zero-order valence-electron chi connectivity index (χ0n) is 32.7. The quantitative estimate of drug-likeness (QED) is 0.166. The summed E-state index contributed by atoms with van der Waals surface area (Å²) < 4.78 is 38.2. The third-order valence-electron chi connectivity index (χ3n) is 10.3. The van der Waals surface area contributed by atoms with Crippen LogP contribution in [0.1, 0.15) is 99.6 Å². The van der Waals surface area contributed by atoms with Gasteiger partial charge < -0.3 is 0 Å². The SMILES string of the molecule is [2H]C([2H])([2H])n1[c](=[Pt])n(C2CCC(C)c3ccc(Oc4[c-]c5c(cc4)c4cc(C(C)(C)C)ccc4n5-c4cc(C(C)(C)C)ccn4)[c-]c32)c2ccccc21. The number of nitrogens with zero attached hydrogens (tertiary/aromatic N) is 4. The summed E-state index contributed by atoms with van der Waals surface area (Å²) in [5, 5.41) is 2.24. The first-order valence-corrected chi connectivity index (χ1v) is 18.5. The summed E-state index contributed by atoms with van der Waals surface area (Å²) in [6.45, 7) is 13.3. The molecule has 1 aliphatic carbocycles. The van der Waals surface area contributed by atoms with Gasteiger partial charge in [0.05, 0.1) is 0 Å². The number of fused-ring (bicyclic) bond motifs is 5. The Morgan fingerprint density at radius 2 is 1.52 bits per heavy atom. The minimum atomic E-state index is -2.31. The number of pyridine rings is 1. The molecule has 8 rings (SSSR count). The van der Waals surface area contributed by atoms with E-state index >= 15 is 0 Å². The molecule has 0 aliphatic heterocycles. The molecule has 1 aliphatic rings. The van der Waals surface area contributed by atoms with Crippen molar-refractivity contribution in [1.29, 1.82) is 0 Å². The van der Waals surface area contributed by atoms with Crippen molar-refractivity contribution in [3.8, 4) is 17.3 Å². The van der Waals surface area contributed by atoms with E-state index < -0.39 is 6.98 Å². The third-order valence-corrected chi connectivity index (χ3v) is 11.4. The molecular weight excluding hydrogens is 796 g/mol. The van der Waals surface area contributed by atoms with Gasteiger partial charge in [-0.25, -0.2) is 4.98 Å². The van der Waals surface area contributed by atoms with Gasteiger partial charge in [0.25, 0.3) is 0 Å². The van der Waals surface area contributed by atoms with Crippen LogP contribution in [-0.4, -0.2) is 18.7 Å². The van der Waals surface area contributed by atoms with E-state index in [1.54, 1.807) is 0 Å². The number of rotatable bonds is 4. The van der Waals surface area contributed by atoms with Crippen LogP contribution in [-0.2, 0) is 37.2 Å². The molecule has 0 saturated heterocycles. The predicted molar refractivity (Wildman–Crippen MR) is 200 cm³/mol. The van der Waals surface area contributed by atoms with Crippen LogP contribution < -0.4 is 4.74 Å². The van der Waals surface area contributed by atoms with E-state index in [1.807, 2.05) is 42.6 Å². The summed E-state index contributed by atoms with van der Waals surface area (Å²) in [7, 11) is 0. The molecular formula is C44H44N4OPt-2. The monoisotopic (exact) mass is 842 g/mol. The van der Waals surface area contributed by atoms with Gasteiger partial charge in [0.1, 0.15) is 0 Å². The molecule has 6 heteroatoms. The van der Waals surface area contributed by atoms with Crippen molar-refractivity contribution in [2.45, 2.75) is 84.1 Å². The van der Waals surface area contributed by atoms with Crippen molar-refractivity contribution in [2.24, 2.45) is 6.98 Å². The molecule has 7 aromatic rings. The molecule has 0 bridgehead atoms. The Labute approximate surface area is 310 Å². The fourth-order valence-corrected chi connectivity index (χ4v) is 8.38. The van der Waals surface area contributed by atoms with Crippen molar-refractivity contribution >= 4 is 32.8 Å². The molecule has 0 N–H and O–H groups in total. The van der Waals surface area contributed by atoms with Gasteiger partial charge in [0.2, 0.25) is 0 Å². The van der Waals surface area contributed by atoms with Crippen molar-refractivity contribution in [3.63, 3.8) is 0 Å². The molecule has 0 fully saturated rings. The average molecular weight is 843 g/mol. The molecule has 5 nitrogen and oxygen atoms in total. The third kappa shape index (κ3) is 5.49. The predicted octanol–water partition coefficient (Wildman–Crippen LogP) is 11.0. The van der Waals surface area contributed by atoms with Gasteiger partial charge in [-0.05, 0) is 40.2 Å². The maximum absolute atomic E-state index is 8.34.